The number of H-pyrrole nitrogens is 1. The normalized spacial score (nSPS) is 25.1. The number of aromatic nitrogens is 4. The number of hydrogen-bond donors (Lipinski definition) is 1. The summed E-state index contributed by atoms with van der Waals surface area (Å²) in [4.78, 5) is 12.4. The van der Waals surface area contributed by atoms with E-state index in [4.69, 9.17) is 11.6 Å². The minimum atomic E-state index is -0.252. The van der Waals surface area contributed by atoms with E-state index in [9.17, 15) is 5.26 Å². The van der Waals surface area contributed by atoms with Gasteiger partial charge in [-0.3, -0.25) is 0 Å². The highest BCUT2D eigenvalue weighted by atomic mass is 35.5. The van der Waals surface area contributed by atoms with Crippen molar-refractivity contribution < 1.29 is 0 Å². The monoisotopic (exact) mass is 313 g/mol. The Labute approximate surface area is 132 Å². The van der Waals surface area contributed by atoms with Crippen molar-refractivity contribution in [3.8, 4) is 6.07 Å². The van der Waals surface area contributed by atoms with Gasteiger partial charge in [0.05, 0.1) is 23.3 Å². The molecule has 0 spiro atoms. The van der Waals surface area contributed by atoms with Gasteiger partial charge in [-0.05, 0) is 39.2 Å². The van der Waals surface area contributed by atoms with Crippen LogP contribution in [-0.2, 0) is 0 Å². The third-order valence-electron chi connectivity index (χ3n) is 4.76. The Balaban J connectivity index is 1.89. The number of nitriles is 1. The first-order chi connectivity index (χ1) is 10.5. The lowest BCUT2D eigenvalue weighted by atomic mass is 9.91. The Hall–Kier alpha value is -2.06. The summed E-state index contributed by atoms with van der Waals surface area (Å²) >= 11 is 6.34. The van der Waals surface area contributed by atoms with Crippen molar-refractivity contribution in [3.05, 3.63) is 23.2 Å². The Morgan fingerprint density at radius 1 is 1.55 bits per heavy atom. The molecule has 0 aromatic carbocycles. The summed E-state index contributed by atoms with van der Waals surface area (Å²) in [7, 11) is 0. The highest BCUT2D eigenvalue weighted by Crippen LogP contribution is 2.44. The molecule has 1 fully saturated rings. The number of nitrogens with one attached hydrogen (secondary N) is 1. The number of pyridine rings is 1. The van der Waals surface area contributed by atoms with Crippen LogP contribution in [0.1, 0.15) is 37.9 Å². The molecule has 2 atom stereocenters. The van der Waals surface area contributed by atoms with Crippen LogP contribution in [0.25, 0.3) is 22.1 Å². The van der Waals surface area contributed by atoms with Crippen molar-refractivity contribution in [2.45, 2.75) is 39.2 Å². The van der Waals surface area contributed by atoms with Crippen molar-refractivity contribution in [3.63, 3.8) is 0 Å². The van der Waals surface area contributed by atoms with E-state index in [0.29, 0.717) is 5.15 Å². The summed E-state index contributed by atoms with van der Waals surface area (Å²) in [5.41, 5.74) is 3.37. The molecule has 0 saturated heterocycles. The van der Waals surface area contributed by atoms with Crippen molar-refractivity contribution in [2.24, 2.45) is 5.41 Å². The van der Waals surface area contributed by atoms with Gasteiger partial charge in [-0.2, -0.15) is 5.26 Å². The van der Waals surface area contributed by atoms with Crippen molar-refractivity contribution in [1.82, 2.24) is 19.5 Å². The number of halogens is 1. The van der Waals surface area contributed by atoms with Gasteiger partial charge in [-0.25, -0.2) is 9.97 Å². The second-order valence-corrected chi connectivity index (χ2v) is 6.89. The Kier molecular flexibility index (Phi) is 2.76. The third-order valence-corrected chi connectivity index (χ3v) is 5.05. The van der Waals surface area contributed by atoms with E-state index in [2.05, 4.69) is 25.6 Å². The molecule has 22 heavy (non-hydrogen) atoms. The zero-order valence-corrected chi connectivity index (χ0v) is 13.3. The van der Waals surface area contributed by atoms with Crippen LogP contribution in [0.15, 0.2) is 12.4 Å². The van der Waals surface area contributed by atoms with E-state index < -0.39 is 0 Å². The van der Waals surface area contributed by atoms with Gasteiger partial charge in [-0.15, -0.1) is 0 Å². The first-order valence-electron chi connectivity index (χ1n) is 7.43. The first kappa shape index (κ1) is 13.6. The van der Waals surface area contributed by atoms with Crippen molar-refractivity contribution in [1.29, 1.82) is 5.26 Å². The zero-order chi connectivity index (χ0) is 15.5. The third kappa shape index (κ3) is 1.84. The van der Waals surface area contributed by atoms with Gasteiger partial charge in [0.15, 0.2) is 5.65 Å². The molecule has 3 aromatic rings. The van der Waals surface area contributed by atoms with Crippen LogP contribution in [0.3, 0.4) is 0 Å². The van der Waals surface area contributed by atoms with Crippen molar-refractivity contribution >= 4 is 33.7 Å². The van der Waals surface area contributed by atoms with Gasteiger partial charge in [0.1, 0.15) is 10.7 Å². The molecule has 2 unspecified atom stereocenters. The van der Waals surface area contributed by atoms with E-state index in [-0.39, 0.29) is 11.5 Å². The van der Waals surface area contributed by atoms with Crippen LogP contribution >= 0.6 is 11.6 Å². The molecule has 0 bridgehead atoms. The summed E-state index contributed by atoms with van der Waals surface area (Å²) in [6.45, 7) is 4.02. The second kappa shape index (κ2) is 4.47. The molecular weight excluding hydrogens is 298 g/mol. The smallest absolute Gasteiger partial charge is 0.163 e. The molecule has 0 aliphatic heterocycles. The molecule has 1 N–H and O–H groups in total. The number of hydrogen-bond acceptors (Lipinski definition) is 3. The molecule has 6 heteroatoms. The van der Waals surface area contributed by atoms with Gasteiger partial charge in [-0.1, -0.05) is 11.6 Å². The molecule has 1 saturated carbocycles. The van der Waals surface area contributed by atoms with E-state index in [0.717, 1.165) is 47.0 Å². The Bertz CT molecular complexity index is 931. The average Bonchev–Trinajstić information content (AvgIpc) is 3.16. The van der Waals surface area contributed by atoms with E-state index in [1.807, 2.05) is 26.2 Å². The highest BCUT2D eigenvalue weighted by Gasteiger charge is 2.36. The molecule has 3 aromatic heterocycles. The molecule has 4 rings (SSSR count). The predicted molar refractivity (Wildman–Crippen MR) is 85.7 cm³/mol. The van der Waals surface area contributed by atoms with Crippen LogP contribution in [-0.4, -0.2) is 19.5 Å². The van der Waals surface area contributed by atoms with E-state index in [1.165, 1.54) is 0 Å². The maximum Gasteiger partial charge on any atom is 0.163 e. The first-order valence-corrected chi connectivity index (χ1v) is 7.81. The summed E-state index contributed by atoms with van der Waals surface area (Å²) in [5.74, 6) is 0. The Morgan fingerprint density at radius 3 is 3.09 bits per heavy atom. The number of aromatic amines is 1. The number of nitrogens with zero attached hydrogens (tertiary/aromatic N) is 4. The van der Waals surface area contributed by atoms with Crippen LogP contribution < -0.4 is 0 Å². The van der Waals surface area contributed by atoms with Crippen LogP contribution in [0, 0.1) is 23.7 Å². The second-order valence-electron chi connectivity index (χ2n) is 6.54. The van der Waals surface area contributed by atoms with Gasteiger partial charge in [0.25, 0.3) is 0 Å². The Morgan fingerprint density at radius 2 is 2.36 bits per heavy atom. The lowest BCUT2D eigenvalue weighted by molar-refractivity contribution is 0.425. The van der Waals surface area contributed by atoms with Gasteiger partial charge in [0, 0.05) is 17.1 Å². The lowest BCUT2D eigenvalue weighted by Gasteiger charge is -2.15. The topological polar surface area (TPSA) is 70.3 Å². The number of imidazole rings is 1. The molecule has 112 valence electrons. The van der Waals surface area contributed by atoms with Gasteiger partial charge >= 0.3 is 0 Å². The quantitative estimate of drug-likeness (QED) is 0.687. The molecule has 0 amide bonds. The highest BCUT2D eigenvalue weighted by molar-refractivity contribution is 6.35. The van der Waals surface area contributed by atoms with Gasteiger partial charge in [0.2, 0.25) is 0 Å². The van der Waals surface area contributed by atoms with E-state index >= 15 is 0 Å². The van der Waals surface area contributed by atoms with Gasteiger partial charge < -0.3 is 9.55 Å². The lowest BCUT2D eigenvalue weighted by Crippen LogP contribution is -2.10. The molecule has 3 heterocycles. The molecule has 0 radical (unpaired) electrons. The summed E-state index contributed by atoms with van der Waals surface area (Å²) in [6.07, 6.45) is 4.54. The molecule has 1 aliphatic carbocycles. The maximum atomic E-state index is 9.33. The minimum absolute atomic E-state index is 0.252. The zero-order valence-electron chi connectivity index (χ0n) is 12.5. The van der Waals surface area contributed by atoms with Crippen LogP contribution in [0.5, 0.6) is 0 Å². The largest absolute Gasteiger partial charge is 0.357 e. The standard InChI is InChI=1S/C16H16ClN5/c1-9-5-11-12(20-9)13-15(21-14(11)17)22(8-19-13)10-3-4-16(2,6-10)7-18/h5,8,10,20H,3-4,6H2,1-2H3. The molecule has 5 nitrogen and oxygen atoms in total. The predicted octanol–water partition coefficient (Wildman–Crippen LogP) is 4.13. The molecule has 1 aliphatic rings. The number of rotatable bonds is 1. The average molecular weight is 314 g/mol. The molecular formula is C16H16ClN5. The summed E-state index contributed by atoms with van der Waals surface area (Å²) in [6, 6.07) is 4.69. The van der Waals surface area contributed by atoms with Crippen LogP contribution in [0.2, 0.25) is 5.15 Å². The minimum Gasteiger partial charge on any atom is -0.357 e. The van der Waals surface area contributed by atoms with E-state index in [1.54, 1.807) is 0 Å². The van der Waals surface area contributed by atoms with Crippen LogP contribution in [0.4, 0.5) is 0 Å². The number of aryl methyl sites for hydroxylation is 1. The maximum absolute atomic E-state index is 9.33. The fraction of sp³-hybridized carbons (Fsp3) is 0.438. The number of fused-ring (bicyclic) bond motifs is 3. The SMILES string of the molecule is Cc1cc2c(Cl)nc3c(ncn3C3CCC(C)(C#N)C3)c2[nH]1. The fourth-order valence-corrected chi connectivity index (χ4v) is 3.78. The van der Waals surface area contributed by atoms with Crippen molar-refractivity contribution in [2.75, 3.05) is 0 Å². The fourth-order valence-electron chi connectivity index (χ4n) is 3.55. The summed E-state index contributed by atoms with van der Waals surface area (Å²) < 4.78 is 2.08. The summed E-state index contributed by atoms with van der Waals surface area (Å²) in [5, 5.41) is 10.7.